The predicted molar refractivity (Wildman–Crippen MR) is 84.5 cm³/mol. The van der Waals surface area contributed by atoms with Gasteiger partial charge in [0.15, 0.2) is 0 Å². The Labute approximate surface area is 125 Å². The minimum Gasteiger partial charge on any atom is -0.352 e. The monoisotopic (exact) mass is 325 g/mol. The van der Waals surface area contributed by atoms with E-state index in [2.05, 4.69) is 35.1 Å². The van der Waals surface area contributed by atoms with Gasteiger partial charge < -0.3 is 5.32 Å². The van der Waals surface area contributed by atoms with E-state index >= 15 is 0 Å². The van der Waals surface area contributed by atoms with Gasteiger partial charge in [0.2, 0.25) is 0 Å². The lowest BCUT2D eigenvalue weighted by molar-refractivity contribution is 0.0945. The van der Waals surface area contributed by atoms with Crippen LogP contribution in [0.2, 0.25) is 0 Å². The van der Waals surface area contributed by atoms with Crippen molar-refractivity contribution >= 4 is 21.8 Å². The lowest BCUT2D eigenvalue weighted by atomic mass is 9.99. The molecule has 0 spiro atoms. The maximum Gasteiger partial charge on any atom is 0.252 e. The van der Waals surface area contributed by atoms with E-state index in [9.17, 15) is 4.79 Å². The maximum atomic E-state index is 12.2. The van der Waals surface area contributed by atoms with E-state index in [1.807, 2.05) is 25.1 Å². The van der Waals surface area contributed by atoms with Crippen LogP contribution in [-0.2, 0) is 0 Å². The molecule has 0 aromatic heterocycles. The second-order valence-corrected chi connectivity index (χ2v) is 5.96. The Balaban J connectivity index is 2.56. The SMILES string of the molecule is CCCCC(CC)CNC(=O)c1cc(C)ccc1Br. The van der Waals surface area contributed by atoms with Crippen LogP contribution in [0.15, 0.2) is 22.7 Å². The quantitative estimate of drug-likeness (QED) is 0.773. The highest BCUT2D eigenvalue weighted by atomic mass is 79.9. The van der Waals surface area contributed by atoms with Crippen LogP contribution in [0.3, 0.4) is 0 Å². The van der Waals surface area contributed by atoms with E-state index in [1.54, 1.807) is 0 Å². The van der Waals surface area contributed by atoms with Crippen molar-refractivity contribution in [3.63, 3.8) is 0 Å². The zero-order valence-corrected chi connectivity index (χ0v) is 13.7. The minimum absolute atomic E-state index is 0.0190. The molecular formula is C16H24BrNO. The van der Waals surface area contributed by atoms with Gasteiger partial charge in [-0.15, -0.1) is 0 Å². The molecule has 1 rings (SSSR count). The van der Waals surface area contributed by atoms with E-state index in [0.29, 0.717) is 5.92 Å². The average Bonchev–Trinajstić information content (AvgIpc) is 2.41. The number of unbranched alkanes of at least 4 members (excludes halogenated alkanes) is 1. The number of halogens is 1. The first-order chi connectivity index (χ1) is 9.08. The van der Waals surface area contributed by atoms with Gasteiger partial charge in [-0.2, -0.15) is 0 Å². The Morgan fingerprint density at radius 1 is 1.37 bits per heavy atom. The van der Waals surface area contributed by atoms with Crippen LogP contribution in [0.25, 0.3) is 0 Å². The summed E-state index contributed by atoms with van der Waals surface area (Å²) < 4.78 is 0.859. The Kier molecular flexibility index (Phi) is 7.14. The number of benzene rings is 1. The van der Waals surface area contributed by atoms with Crippen molar-refractivity contribution in [2.24, 2.45) is 5.92 Å². The van der Waals surface area contributed by atoms with Crippen molar-refractivity contribution in [2.45, 2.75) is 46.5 Å². The molecule has 0 aliphatic heterocycles. The van der Waals surface area contributed by atoms with Crippen molar-refractivity contribution in [1.29, 1.82) is 0 Å². The number of carbonyl (C=O) groups is 1. The molecule has 0 saturated heterocycles. The molecule has 0 radical (unpaired) electrons. The molecule has 1 atom stereocenters. The first-order valence-electron chi connectivity index (χ1n) is 7.12. The summed E-state index contributed by atoms with van der Waals surface area (Å²) in [6.45, 7) is 7.17. The van der Waals surface area contributed by atoms with Crippen LogP contribution >= 0.6 is 15.9 Å². The fraction of sp³-hybridized carbons (Fsp3) is 0.562. The van der Waals surface area contributed by atoms with Gasteiger partial charge in [0, 0.05) is 11.0 Å². The Morgan fingerprint density at radius 2 is 2.11 bits per heavy atom. The minimum atomic E-state index is 0.0190. The van der Waals surface area contributed by atoms with Crippen LogP contribution in [0.5, 0.6) is 0 Å². The molecule has 106 valence electrons. The van der Waals surface area contributed by atoms with Gasteiger partial charge in [-0.05, 0) is 47.3 Å². The average molecular weight is 326 g/mol. The molecule has 19 heavy (non-hydrogen) atoms. The van der Waals surface area contributed by atoms with E-state index in [0.717, 1.165) is 28.6 Å². The number of rotatable bonds is 7. The second kappa shape index (κ2) is 8.36. The van der Waals surface area contributed by atoms with Crippen LogP contribution in [0.1, 0.15) is 55.5 Å². The molecule has 1 aromatic rings. The Hall–Kier alpha value is -0.830. The van der Waals surface area contributed by atoms with Crippen LogP contribution in [0, 0.1) is 12.8 Å². The summed E-state index contributed by atoms with van der Waals surface area (Å²) in [7, 11) is 0. The standard InChI is InChI=1S/C16H24BrNO/c1-4-6-7-13(5-2)11-18-16(19)14-10-12(3)8-9-15(14)17/h8-10,13H,4-7,11H2,1-3H3,(H,18,19). The van der Waals surface area contributed by atoms with Gasteiger partial charge >= 0.3 is 0 Å². The first-order valence-corrected chi connectivity index (χ1v) is 7.92. The molecular weight excluding hydrogens is 302 g/mol. The topological polar surface area (TPSA) is 29.1 Å². The van der Waals surface area contributed by atoms with Gasteiger partial charge in [0.25, 0.3) is 5.91 Å². The van der Waals surface area contributed by atoms with E-state index in [-0.39, 0.29) is 5.91 Å². The van der Waals surface area contributed by atoms with Gasteiger partial charge in [0.1, 0.15) is 0 Å². The van der Waals surface area contributed by atoms with Crippen molar-refractivity contribution in [3.8, 4) is 0 Å². The highest BCUT2D eigenvalue weighted by molar-refractivity contribution is 9.10. The van der Waals surface area contributed by atoms with E-state index in [4.69, 9.17) is 0 Å². The molecule has 0 aliphatic carbocycles. The van der Waals surface area contributed by atoms with Crippen LogP contribution < -0.4 is 5.32 Å². The molecule has 0 fully saturated rings. The van der Waals surface area contributed by atoms with Crippen LogP contribution in [0.4, 0.5) is 0 Å². The van der Waals surface area contributed by atoms with E-state index in [1.165, 1.54) is 19.3 Å². The smallest absolute Gasteiger partial charge is 0.252 e. The highest BCUT2D eigenvalue weighted by Crippen LogP contribution is 2.18. The molecule has 1 amide bonds. The normalized spacial score (nSPS) is 12.2. The summed E-state index contributed by atoms with van der Waals surface area (Å²) >= 11 is 3.44. The Bertz CT molecular complexity index is 417. The molecule has 3 heteroatoms. The summed E-state index contributed by atoms with van der Waals surface area (Å²) in [5.74, 6) is 0.609. The molecule has 2 nitrogen and oxygen atoms in total. The zero-order valence-electron chi connectivity index (χ0n) is 12.1. The number of carbonyl (C=O) groups excluding carboxylic acids is 1. The van der Waals surface area contributed by atoms with Gasteiger partial charge in [-0.1, -0.05) is 44.7 Å². The molecule has 0 saturated carbocycles. The summed E-state index contributed by atoms with van der Waals surface area (Å²) in [6.07, 6.45) is 4.77. The third-order valence-corrected chi connectivity index (χ3v) is 4.15. The fourth-order valence-corrected chi connectivity index (χ4v) is 2.52. The van der Waals surface area contributed by atoms with Gasteiger partial charge in [0.05, 0.1) is 5.56 Å². The highest BCUT2D eigenvalue weighted by Gasteiger charge is 2.12. The van der Waals surface area contributed by atoms with Gasteiger partial charge in [-0.3, -0.25) is 4.79 Å². The van der Waals surface area contributed by atoms with Crippen molar-refractivity contribution in [3.05, 3.63) is 33.8 Å². The molecule has 1 aromatic carbocycles. The van der Waals surface area contributed by atoms with Crippen molar-refractivity contribution < 1.29 is 4.79 Å². The predicted octanol–water partition coefficient (Wildman–Crippen LogP) is 4.70. The third-order valence-electron chi connectivity index (χ3n) is 3.46. The number of amides is 1. The maximum absolute atomic E-state index is 12.2. The molecule has 0 aliphatic rings. The van der Waals surface area contributed by atoms with Crippen LogP contribution in [-0.4, -0.2) is 12.5 Å². The number of nitrogens with one attached hydrogen (secondary N) is 1. The Morgan fingerprint density at radius 3 is 2.74 bits per heavy atom. The van der Waals surface area contributed by atoms with Gasteiger partial charge in [-0.25, -0.2) is 0 Å². The molecule has 1 unspecified atom stereocenters. The number of aryl methyl sites for hydroxylation is 1. The lowest BCUT2D eigenvalue weighted by Gasteiger charge is -2.15. The summed E-state index contributed by atoms with van der Waals surface area (Å²) in [5.41, 5.74) is 1.83. The lowest BCUT2D eigenvalue weighted by Crippen LogP contribution is -2.29. The zero-order chi connectivity index (χ0) is 14.3. The second-order valence-electron chi connectivity index (χ2n) is 5.11. The number of hydrogen-bond acceptors (Lipinski definition) is 1. The molecule has 1 N–H and O–H groups in total. The number of hydrogen-bond donors (Lipinski definition) is 1. The third kappa shape index (κ3) is 5.35. The summed E-state index contributed by atoms with van der Waals surface area (Å²) in [5, 5.41) is 3.06. The molecule has 0 heterocycles. The largest absolute Gasteiger partial charge is 0.352 e. The summed E-state index contributed by atoms with van der Waals surface area (Å²) in [4.78, 5) is 12.2. The summed E-state index contributed by atoms with van der Waals surface area (Å²) in [6, 6.07) is 5.85. The van der Waals surface area contributed by atoms with E-state index < -0.39 is 0 Å². The molecule has 0 bridgehead atoms. The van der Waals surface area contributed by atoms with Crippen molar-refractivity contribution in [2.75, 3.05) is 6.54 Å². The fourth-order valence-electron chi connectivity index (χ4n) is 2.09. The van der Waals surface area contributed by atoms with Crippen molar-refractivity contribution in [1.82, 2.24) is 5.32 Å². The first kappa shape index (κ1) is 16.2.